The molecule has 1 heterocycles. The lowest BCUT2D eigenvalue weighted by atomic mass is 10.3. The highest BCUT2D eigenvalue weighted by molar-refractivity contribution is 7.16. The summed E-state index contributed by atoms with van der Waals surface area (Å²) in [5, 5.41) is 17.3. The van der Waals surface area contributed by atoms with Gasteiger partial charge in [0.1, 0.15) is 21.0 Å². The number of carboxylic acid groups (broad SMARTS) is 1. The fraction of sp³-hybridized carbons (Fsp3) is 0. The maximum absolute atomic E-state index is 10.4. The van der Waals surface area contributed by atoms with E-state index in [1.165, 1.54) is 12.3 Å². The molecule has 1 rings (SSSR count). The number of rotatable bonds is 2. The van der Waals surface area contributed by atoms with Gasteiger partial charge in [-0.2, -0.15) is 5.26 Å². The van der Waals surface area contributed by atoms with Crippen molar-refractivity contribution in [2.24, 2.45) is 0 Å². The summed E-state index contributed by atoms with van der Waals surface area (Å²) in [6, 6.07) is 1.54. The lowest BCUT2D eigenvalue weighted by Gasteiger charge is -1.85. The van der Waals surface area contributed by atoms with E-state index in [-0.39, 0.29) is 5.57 Å². The minimum Gasteiger partial charge on any atom is -0.477 e. The zero-order valence-corrected chi connectivity index (χ0v) is 7.76. The van der Waals surface area contributed by atoms with Gasteiger partial charge in [-0.05, 0) is 6.08 Å². The number of hydrogen-bond donors (Lipinski definition) is 1. The van der Waals surface area contributed by atoms with Crippen molar-refractivity contribution in [3.63, 3.8) is 0 Å². The van der Waals surface area contributed by atoms with Gasteiger partial charge in [0, 0.05) is 0 Å². The first kappa shape index (κ1) is 9.71. The molecular weight excluding hydrogens is 212 g/mol. The molecule has 66 valence electrons. The molecule has 0 aliphatic carbocycles. The molecule has 6 heteroatoms. The molecular formula is C7H3ClN2O2S. The third-order valence-corrected chi connectivity index (χ3v) is 2.18. The lowest BCUT2D eigenvalue weighted by Crippen LogP contribution is -1.96. The van der Waals surface area contributed by atoms with Crippen LogP contribution in [-0.2, 0) is 4.79 Å². The van der Waals surface area contributed by atoms with Crippen molar-refractivity contribution < 1.29 is 9.90 Å². The minimum absolute atomic E-state index is 0.356. The van der Waals surface area contributed by atoms with Crippen molar-refractivity contribution in [2.75, 3.05) is 0 Å². The molecule has 0 fully saturated rings. The molecule has 1 aromatic heterocycles. The number of halogens is 1. The molecule has 0 aliphatic rings. The van der Waals surface area contributed by atoms with Crippen LogP contribution in [0.2, 0.25) is 4.34 Å². The van der Waals surface area contributed by atoms with Crippen LogP contribution < -0.4 is 0 Å². The van der Waals surface area contributed by atoms with Gasteiger partial charge in [-0.1, -0.05) is 11.6 Å². The third-order valence-electron chi connectivity index (χ3n) is 1.11. The van der Waals surface area contributed by atoms with Crippen LogP contribution in [0.15, 0.2) is 11.8 Å². The fourth-order valence-corrected chi connectivity index (χ4v) is 1.47. The van der Waals surface area contributed by atoms with Gasteiger partial charge in [-0.15, -0.1) is 11.3 Å². The molecule has 0 radical (unpaired) electrons. The van der Waals surface area contributed by atoms with Crippen LogP contribution >= 0.6 is 22.9 Å². The first-order chi connectivity index (χ1) is 6.13. The van der Waals surface area contributed by atoms with E-state index >= 15 is 0 Å². The van der Waals surface area contributed by atoms with Crippen LogP contribution in [0.4, 0.5) is 0 Å². The first-order valence-corrected chi connectivity index (χ1v) is 4.29. The van der Waals surface area contributed by atoms with Crippen molar-refractivity contribution in [3.05, 3.63) is 21.1 Å². The number of carbonyl (C=O) groups is 1. The summed E-state index contributed by atoms with van der Waals surface area (Å²) in [4.78, 5) is 14.2. The molecule has 0 saturated carbocycles. The van der Waals surface area contributed by atoms with Gasteiger partial charge < -0.3 is 5.11 Å². The van der Waals surface area contributed by atoms with Gasteiger partial charge in [0.15, 0.2) is 0 Å². The molecule has 0 atom stereocenters. The standard InChI is InChI=1S/C7H3ClN2O2S/c8-5-3-10-6(13-5)1-4(2-9)7(11)12/h1,3H,(H,11,12)/b4-1+. The Morgan fingerprint density at radius 1 is 1.85 bits per heavy atom. The van der Waals surface area contributed by atoms with Gasteiger partial charge in [-0.25, -0.2) is 9.78 Å². The van der Waals surface area contributed by atoms with Gasteiger partial charge in [0.25, 0.3) is 0 Å². The number of hydrogen-bond acceptors (Lipinski definition) is 4. The summed E-state index contributed by atoms with van der Waals surface area (Å²) < 4.78 is 0.453. The molecule has 0 amide bonds. The molecule has 0 unspecified atom stereocenters. The zero-order chi connectivity index (χ0) is 9.84. The van der Waals surface area contributed by atoms with E-state index in [2.05, 4.69) is 4.98 Å². The monoisotopic (exact) mass is 214 g/mol. The molecule has 0 aromatic carbocycles. The van der Waals surface area contributed by atoms with Crippen LogP contribution in [0, 0.1) is 11.3 Å². The molecule has 0 aliphatic heterocycles. The number of nitriles is 1. The zero-order valence-electron chi connectivity index (χ0n) is 6.19. The Balaban J connectivity index is 3.00. The Morgan fingerprint density at radius 2 is 2.54 bits per heavy atom. The Morgan fingerprint density at radius 3 is 2.92 bits per heavy atom. The van der Waals surface area contributed by atoms with Gasteiger partial charge in [0.05, 0.1) is 6.20 Å². The second-order valence-electron chi connectivity index (χ2n) is 1.98. The molecule has 1 aromatic rings. The van der Waals surface area contributed by atoms with Gasteiger partial charge >= 0.3 is 5.97 Å². The summed E-state index contributed by atoms with van der Waals surface area (Å²) in [5.41, 5.74) is -0.356. The van der Waals surface area contributed by atoms with E-state index in [1.807, 2.05) is 0 Å². The largest absolute Gasteiger partial charge is 0.477 e. The Hall–Kier alpha value is -1.38. The van der Waals surface area contributed by atoms with E-state index in [4.69, 9.17) is 22.0 Å². The van der Waals surface area contributed by atoms with E-state index in [0.29, 0.717) is 9.34 Å². The second-order valence-corrected chi connectivity index (χ2v) is 3.67. The Kier molecular flexibility index (Phi) is 3.01. The fourth-order valence-electron chi connectivity index (χ4n) is 0.599. The van der Waals surface area contributed by atoms with Crippen LogP contribution in [-0.4, -0.2) is 16.1 Å². The molecule has 0 saturated heterocycles. The van der Waals surface area contributed by atoms with E-state index in [9.17, 15) is 4.79 Å². The Bertz CT molecular complexity index is 405. The predicted molar refractivity (Wildman–Crippen MR) is 48.3 cm³/mol. The lowest BCUT2D eigenvalue weighted by molar-refractivity contribution is -0.132. The average molecular weight is 215 g/mol. The molecule has 1 N–H and O–H groups in total. The van der Waals surface area contributed by atoms with E-state index in [1.54, 1.807) is 6.07 Å². The van der Waals surface area contributed by atoms with E-state index < -0.39 is 5.97 Å². The smallest absolute Gasteiger partial charge is 0.346 e. The molecule has 0 bridgehead atoms. The summed E-state index contributed by atoms with van der Waals surface area (Å²) in [7, 11) is 0. The van der Waals surface area contributed by atoms with Crippen molar-refractivity contribution in [2.45, 2.75) is 0 Å². The average Bonchev–Trinajstić information content (AvgIpc) is 2.46. The summed E-state index contributed by atoms with van der Waals surface area (Å²) >= 11 is 6.68. The van der Waals surface area contributed by atoms with Crippen molar-refractivity contribution in [1.82, 2.24) is 4.98 Å². The highest BCUT2D eigenvalue weighted by Gasteiger charge is 2.07. The maximum atomic E-state index is 10.4. The summed E-state index contributed by atoms with van der Waals surface area (Å²) in [6.07, 6.45) is 2.58. The van der Waals surface area contributed by atoms with Crippen molar-refractivity contribution >= 4 is 35.0 Å². The van der Waals surface area contributed by atoms with Crippen LogP contribution in [0.5, 0.6) is 0 Å². The van der Waals surface area contributed by atoms with Crippen molar-refractivity contribution in [3.8, 4) is 6.07 Å². The van der Waals surface area contributed by atoms with Crippen LogP contribution in [0.25, 0.3) is 6.08 Å². The number of nitrogens with zero attached hydrogens (tertiary/aromatic N) is 2. The highest BCUT2D eigenvalue weighted by atomic mass is 35.5. The number of thiazole rings is 1. The highest BCUT2D eigenvalue weighted by Crippen LogP contribution is 2.20. The minimum atomic E-state index is -1.27. The third kappa shape index (κ3) is 2.54. The summed E-state index contributed by atoms with van der Waals surface area (Å²) in [5.74, 6) is -1.27. The quantitative estimate of drug-likeness (QED) is 0.602. The topological polar surface area (TPSA) is 74.0 Å². The summed E-state index contributed by atoms with van der Waals surface area (Å²) in [6.45, 7) is 0. The molecule has 13 heavy (non-hydrogen) atoms. The predicted octanol–water partition coefficient (Wildman–Crippen LogP) is 1.79. The van der Waals surface area contributed by atoms with Gasteiger partial charge in [-0.3, -0.25) is 0 Å². The van der Waals surface area contributed by atoms with Crippen molar-refractivity contribution in [1.29, 1.82) is 5.26 Å². The Labute approximate surface area is 82.7 Å². The van der Waals surface area contributed by atoms with Crippen LogP contribution in [0.3, 0.4) is 0 Å². The second kappa shape index (κ2) is 4.03. The number of aliphatic carboxylic acids is 1. The van der Waals surface area contributed by atoms with Gasteiger partial charge in [0.2, 0.25) is 0 Å². The number of aromatic nitrogens is 1. The normalized spacial score (nSPS) is 10.9. The molecule has 4 nitrogen and oxygen atoms in total. The van der Waals surface area contributed by atoms with E-state index in [0.717, 1.165) is 11.3 Å². The molecule has 0 spiro atoms. The first-order valence-electron chi connectivity index (χ1n) is 3.10. The maximum Gasteiger partial charge on any atom is 0.346 e. The SMILES string of the molecule is N#C/C(=C\c1ncc(Cl)s1)C(=O)O. The van der Waals surface area contributed by atoms with Crippen LogP contribution in [0.1, 0.15) is 5.01 Å². The number of carboxylic acids is 1.